The maximum absolute atomic E-state index is 11.9. The highest BCUT2D eigenvalue weighted by Gasteiger charge is 2.13. The standard InChI is InChI=1S/C17H28N2O2.ClH/c1-12(2)8-15(10-18)19-17(20)11-21-16-7-5-6-14(9-16)13(3)4;/h5-7,9,12-13,15H,8,10-11,18H2,1-4H3,(H,19,20);1H. The monoisotopic (exact) mass is 328 g/mol. The predicted octanol–water partition coefficient (Wildman–Crippen LogP) is 3.10. The van der Waals surface area contributed by atoms with Crippen molar-refractivity contribution in [3.8, 4) is 5.75 Å². The lowest BCUT2D eigenvalue weighted by Gasteiger charge is -2.19. The Balaban J connectivity index is 0.00000441. The molecule has 1 rings (SSSR count). The van der Waals surface area contributed by atoms with Gasteiger partial charge in [0.1, 0.15) is 5.75 Å². The van der Waals surface area contributed by atoms with Gasteiger partial charge in [-0.1, -0.05) is 39.8 Å². The molecule has 4 nitrogen and oxygen atoms in total. The van der Waals surface area contributed by atoms with Gasteiger partial charge in [0.05, 0.1) is 0 Å². The number of rotatable bonds is 8. The van der Waals surface area contributed by atoms with Gasteiger partial charge in [-0.05, 0) is 36.0 Å². The molecule has 1 atom stereocenters. The topological polar surface area (TPSA) is 64.3 Å². The molecule has 0 spiro atoms. The number of hydrogen-bond donors (Lipinski definition) is 2. The van der Waals surface area contributed by atoms with E-state index < -0.39 is 0 Å². The lowest BCUT2D eigenvalue weighted by molar-refractivity contribution is -0.123. The SMILES string of the molecule is CC(C)CC(CN)NC(=O)COc1cccc(C(C)C)c1.Cl. The fourth-order valence-corrected chi connectivity index (χ4v) is 2.16. The summed E-state index contributed by atoms with van der Waals surface area (Å²) in [5.74, 6) is 1.54. The molecule has 5 heteroatoms. The van der Waals surface area contributed by atoms with Crippen molar-refractivity contribution in [2.24, 2.45) is 11.7 Å². The third kappa shape index (κ3) is 7.66. The average Bonchev–Trinajstić information content (AvgIpc) is 2.44. The van der Waals surface area contributed by atoms with Crippen molar-refractivity contribution in [3.05, 3.63) is 29.8 Å². The summed E-state index contributed by atoms with van der Waals surface area (Å²) in [5.41, 5.74) is 6.88. The summed E-state index contributed by atoms with van der Waals surface area (Å²) in [6.45, 7) is 8.96. The third-order valence-electron chi connectivity index (χ3n) is 3.30. The molecule has 0 saturated heterocycles. The largest absolute Gasteiger partial charge is 0.484 e. The molecule has 22 heavy (non-hydrogen) atoms. The number of nitrogens with one attached hydrogen (secondary N) is 1. The van der Waals surface area contributed by atoms with Crippen LogP contribution in [-0.2, 0) is 4.79 Å². The van der Waals surface area contributed by atoms with E-state index in [1.807, 2.05) is 18.2 Å². The van der Waals surface area contributed by atoms with Crippen LogP contribution in [0.5, 0.6) is 5.75 Å². The average molecular weight is 329 g/mol. The summed E-state index contributed by atoms with van der Waals surface area (Å²) >= 11 is 0. The highest BCUT2D eigenvalue weighted by molar-refractivity contribution is 5.85. The maximum Gasteiger partial charge on any atom is 0.258 e. The van der Waals surface area contributed by atoms with Crippen LogP contribution in [0.2, 0.25) is 0 Å². The number of ether oxygens (including phenoxy) is 1. The number of carbonyl (C=O) groups excluding carboxylic acids is 1. The molecule has 0 saturated carbocycles. The summed E-state index contributed by atoms with van der Waals surface area (Å²) in [6.07, 6.45) is 0.880. The minimum atomic E-state index is -0.124. The first-order chi connectivity index (χ1) is 9.92. The summed E-state index contributed by atoms with van der Waals surface area (Å²) in [6, 6.07) is 7.87. The molecule has 1 aromatic rings. The maximum atomic E-state index is 11.9. The quantitative estimate of drug-likeness (QED) is 0.770. The molecule has 0 aliphatic rings. The lowest BCUT2D eigenvalue weighted by atomic mass is 10.0. The van der Waals surface area contributed by atoms with Crippen molar-refractivity contribution in [1.29, 1.82) is 0 Å². The Kier molecular flexibility index (Phi) is 9.86. The Morgan fingerprint density at radius 2 is 1.95 bits per heavy atom. The number of carbonyl (C=O) groups is 1. The van der Waals surface area contributed by atoms with Crippen LogP contribution in [0.15, 0.2) is 24.3 Å². The van der Waals surface area contributed by atoms with Crippen LogP contribution >= 0.6 is 12.4 Å². The fraction of sp³-hybridized carbons (Fsp3) is 0.588. The van der Waals surface area contributed by atoms with E-state index in [2.05, 4.69) is 39.1 Å². The van der Waals surface area contributed by atoms with E-state index in [9.17, 15) is 4.79 Å². The van der Waals surface area contributed by atoms with Crippen molar-refractivity contribution >= 4 is 18.3 Å². The zero-order valence-electron chi connectivity index (χ0n) is 14.0. The Bertz CT molecular complexity index is 450. The van der Waals surface area contributed by atoms with Gasteiger partial charge in [0.2, 0.25) is 0 Å². The molecule has 0 aliphatic heterocycles. The summed E-state index contributed by atoms with van der Waals surface area (Å²) in [5, 5.41) is 2.92. The van der Waals surface area contributed by atoms with Gasteiger partial charge < -0.3 is 15.8 Å². The molecule has 0 aliphatic carbocycles. The number of amides is 1. The molecular weight excluding hydrogens is 300 g/mol. The van der Waals surface area contributed by atoms with Crippen LogP contribution in [-0.4, -0.2) is 25.1 Å². The molecule has 1 aromatic carbocycles. The van der Waals surface area contributed by atoms with Crippen LogP contribution in [0.1, 0.15) is 45.6 Å². The Hall–Kier alpha value is -1.26. The van der Waals surface area contributed by atoms with E-state index in [1.165, 1.54) is 5.56 Å². The summed E-state index contributed by atoms with van der Waals surface area (Å²) < 4.78 is 5.56. The van der Waals surface area contributed by atoms with Crippen LogP contribution in [0, 0.1) is 5.92 Å². The predicted molar refractivity (Wildman–Crippen MR) is 93.7 cm³/mol. The molecular formula is C17H29ClN2O2. The third-order valence-corrected chi connectivity index (χ3v) is 3.30. The fourth-order valence-electron chi connectivity index (χ4n) is 2.16. The van der Waals surface area contributed by atoms with Crippen molar-refractivity contribution in [2.75, 3.05) is 13.2 Å². The zero-order valence-corrected chi connectivity index (χ0v) is 14.8. The minimum absolute atomic E-state index is 0. The van der Waals surface area contributed by atoms with Gasteiger partial charge in [0.25, 0.3) is 5.91 Å². The van der Waals surface area contributed by atoms with Crippen LogP contribution in [0.25, 0.3) is 0 Å². The summed E-state index contributed by atoms with van der Waals surface area (Å²) in [7, 11) is 0. The lowest BCUT2D eigenvalue weighted by Crippen LogP contribution is -2.43. The molecule has 0 fully saturated rings. The van der Waals surface area contributed by atoms with Crippen LogP contribution in [0.3, 0.4) is 0 Å². The van der Waals surface area contributed by atoms with Gasteiger partial charge in [-0.2, -0.15) is 0 Å². The molecule has 1 unspecified atom stereocenters. The normalized spacial score (nSPS) is 12.0. The van der Waals surface area contributed by atoms with E-state index in [0.29, 0.717) is 18.4 Å². The van der Waals surface area contributed by atoms with E-state index in [4.69, 9.17) is 10.5 Å². The zero-order chi connectivity index (χ0) is 15.8. The smallest absolute Gasteiger partial charge is 0.258 e. The van der Waals surface area contributed by atoms with Gasteiger partial charge in [-0.15, -0.1) is 12.4 Å². The van der Waals surface area contributed by atoms with Gasteiger partial charge >= 0.3 is 0 Å². The molecule has 1 amide bonds. The highest BCUT2D eigenvalue weighted by atomic mass is 35.5. The van der Waals surface area contributed by atoms with Gasteiger partial charge in [0.15, 0.2) is 6.61 Å². The number of halogens is 1. The first-order valence-electron chi connectivity index (χ1n) is 7.64. The first kappa shape index (κ1) is 20.7. The van der Waals surface area contributed by atoms with Gasteiger partial charge in [0, 0.05) is 12.6 Å². The first-order valence-corrected chi connectivity index (χ1v) is 7.64. The van der Waals surface area contributed by atoms with E-state index in [-0.39, 0.29) is 31.0 Å². The minimum Gasteiger partial charge on any atom is -0.484 e. The second-order valence-corrected chi connectivity index (χ2v) is 6.15. The molecule has 0 heterocycles. The number of hydrogen-bond acceptors (Lipinski definition) is 3. The van der Waals surface area contributed by atoms with Crippen molar-refractivity contribution < 1.29 is 9.53 Å². The van der Waals surface area contributed by atoms with Crippen molar-refractivity contribution in [2.45, 2.75) is 46.1 Å². The highest BCUT2D eigenvalue weighted by Crippen LogP contribution is 2.19. The van der Waals surface area contributed by atoms with Crippen LogP contribution < -0.4 is 15.8 Å². The Morgan fingerprint density at radius 3 is 2.50 bits per heavy atom. The van der Waals surface area contributed by atoms with E-state index >= 15 is 0 Å². The van der Waals surface area contributed by atoms with E-state index in [0.717, 1.165) is 12.2 Å². The molecule has 3 N–H and O–H groups in total. The van der Waals surface area contributed by atoms with Crippen LogP contribution in [0.4, 0.5) is 0 Å². The summed E-state index contributed by atoms with van der Waals surface area (Å²) in [4.78, 5) is 11.9. The second-order valence-electron chi connectivity index (χ2n) is 6.15. The van der Waals surface area contributed by atoms with Gasteiger partial charge in [-0.3, -0.25) is 4.79 Å². The van der Waals surface area contributed by atoms with Crippen molar-refractivity contribution in [3.63, 3.8) is 0 Å². The Labute approximate surface area is 140 Å². The molecule has 0 aromatic heterocycles. The Morgan fingerprint density at radius 1 is 1.27 bits per heavy atom. The molecule has 126 valence electrons. The van der Waals surface area contributed by atoms with Crippen molar-refractivity contribution in [1.82, 2.24) is 5.32 Å². The molecule has 0 bridgehead atoms. The van der Waals surface area contributed by atoms with Gasteiger partial charge in [-0.25, -0.2) is 0 Å². The number of benzene rings is 1. The second kappa shape index (κ2) is 10.5. The molecule has 0 radical (unpaired) electrons. The van der Waals surface area contributed by atoms with E-state index in [1.54, 1.807) is 0 Å². The number of nitrogens with two attached hydrogens (primary N) is 1.